The molecule has 0 atom stereocenters. The van der Waals surface area contributed by atoms with Gasteiger partial charge in [0.15, 0.2) is 5.82 Å². The van der Waals surface area contributed by atoms with E-state index in [1.165, 1.54) is 67.1 Å². The average Bonchev–Trinajstić information content (AvgIpc) is 3.42. The van der Waals surface area contributed by atoms with Gasteiger partial charge >= 0.3 is 0 Å². The molecule has 0 saturated heterocycles. The summed E-state index contributed by atoms with van der Waals surface area (Å²) in [6.45, 7) is 2.69. The molecule has 3 aliphatic rings. The van der Waals surface area contributed by atoms with E-state index in [2.05, 4.69) is 19.7 Å². The van der Waals surface area contributed by atoms with E-state index in [1.54, 1.807) is 4.88 Å². The highest BCUT2D eigenvalue weighted by molar-refractivity contribution is 7.19. The van der Waals surface area contributed by atoms with Crippen LogP contribution in [0.3, 0.4) is 0 Å². The van der Waals surface area contributed by atoms with Crippen LogP contribution in [0.25, 0.3) is 10.2 Å². The summed E-state index contributed by atoms with van der Waals surface area (Å²) in [6, 6.07) is 0. The van der Waals surface area contributed by atoms with Gasteiger partial charge in [-0.1, -0.05) is 19.3 Å². The zero-order valence-electron chi connectivity index (χ0n) is 15.5. The van der Waals surface area contributed by atoms with E-state index in [0.29, 0.717) is 5.92 Å². The number of aromatic nitrogens is 5. The van der Waals surface area contributed by atoms with Gasteiger partial charge in [0.1, 0.15) is 22.8 Å². The van der Waals surface area contributed by atoms with Crippen molar-refractivity contribution in [2.75, 3.05) is 11.4 Å². The summed E-state index contributed by atoms with van der Waals surface area (Å²) in [5.74, 6) is 3.82. The first-order valence-electron chi connectivity index (χ1n) is 10.3. The number of anilines is 1. The third-order valence-electron chi connectivity index (χ3n) is 6.47. The quantitative estimate of drug-likeness (QED) is 0.676. The fraction of sp³-hybridized carbons (Fsp3) is 0.600. The second-order valence-electron chi connectivity index (χ2n) is 8.14. The minimum absolute atomic E-state index is 0.535. The van der Waals surface area contributed by atoms with Gasteiger partial charge in [0.05, 0.1) is 11.9 Å². The maximum absolute atomic E-state index is 5.22. The molecule has 0 radical (unpaired) electrons. The maximum atomic E-state index is 5.22. The summed E-state index contributed by atoms with van der Waals surface area (Å²) in [6.07, 6.45) is 12.0. The Morgan fingerprint density at radius 3 is 2.85 bits per heavy atom. The lowest BCUT2D eigenvalue weighted by Gasteiger charge is -2.30. The molecule has 3 aromatic heterocycles. The van der Waals surface area contributed by atoms with E-state index in [1.807, 2.05) is 17.7 Å². The van der Waals surface area contributed by atoms with Crippen molar-refractivity contribution in [2.45, 2.75) is 70.4 Å². The van der Waals surface area contributed by atoms with Crippen molar-refractivity contribution < 1.29 is 0 Å². The smallest absolute Gasteiger partial charge is 0.152 e. The average molecular weight is 381 g/mol. The number of rotatable bonds is 2. The molecule has 0 aromatic carbocycles. The van der Waals surface area contributed by atoms with Gasteiger partial charge in [0.2, 0.25) is 0 Å². The van der Waals surface area contributed by atoms with Gasteiger partial charge in [-0.25, -0.2) is 9.97 Å². The molecule has 1 aliphatic heterocycles. The number of hydrogen-bond donors (Lipinski definition) is 0. The summed E-state index contributed by atoms with van der Waals surface area (Å²) in [7, 11) is 0. The highest BCUT2D eigenvalue weighted by Crippen LogP contribution is 2.42. The van der Waals surface area contributed by atoms with Crippen LogP contribution < -0.4 is 4.90 Å². The fourth-order valence-electron chi connectivity index (χ4n) is 5.01. The Morgan fingerprint density at radius 1 is 1.00 bits per heavy atom. The lowest BCUT2D eigenvalue weighted by atomic mass is 9.88. The van der Waals surface area contributed by atoms with Crippen LogP contribution >= 0.6 is 11.3 Å². The van der Waals surface area contributed by atoms with E-state index in [0.717, 1.165) is 37.1 Å². The SMILES string of the molecule is c1nnc2n1CCN(c1nc(C3CCCCC3)nc3sc4c(c13)CCC4)C2. The van der Waals surface area contributed by atoms with E-state index < -0.39 is 0 Å². The summed E-state index contributed by atoms with van der Waals surface area (Å²) < 4.78 is 2.16. The molecular formula is C20H24N6S. The van der Waals surface area contributed by atoms with E-state index in [9.17, 15) is 0 Å². The van der Waals surface area contributed by atoms with Gasteiger partial charge in [0.25, 0.3) is 0 Å². The Bertz CT molecular complexity index is 999. The first kappa shape index (κ1) is 16.0. The van der Waals surface area contributed by atoms with E-state index in [-0.39, 0.29) is 0 Å². The lowest BCUT2D eigenvalue weighted by Crippen LogP contribution is -2.34. The number of fused-ring (bicyclic) bond motifs is 4. The van der Waals surface area contributed by atoms with Crippen molar-refractivity contribution >= 4 is 27.4 Å². The zero-order valence-corrected chi connectivity index (χ0v) is 16.3. The fourth-order valence-corrected chi connectivity index (χ4v) is 6.27. The number of nitrogens with zero attached hydrogens (tertiary/aromatic N) is 6. The number of aryl methyl sites for hydroxylation is 2. The molecule has 3 aromatic rings. The monoisotopic (exact) mass is 380 g/mol. The second kappa shape index (κ2) is 6.26. The number of thiophene rings is 1. The third kappa shape index (κ3) is 2.58. The molecule has 27 heavy (non-hydrogen) atoms. The Kier molecular flexibility index (Phi) is 3.70. The van der Waals surface area contributed by atoms with Gasteiger partial charge in [0, 0.05) is 23.9 Å². The second-order valence-corrected chi connectivity index (χ2v) is 9.22. The molecule has 0 bridgehead atoms. The van der Waals surface area contributed by atoms with E-state index >= 15 is 0 Å². The molecule has 1 saturated carbocycles. The Hall–Kier alpha value is -2.02. The van der Waals surface area contributed by atoms with Crippen molar-refractivity contribution in [3.8, 4) is 0 Å². The van der Waals surface area contributed by atoms with Gasteiger partial charge in [-0.3, -0.25) is 0 Å². The van der Waals surface area contributed by atoms with Gasteiger partial charge in [-0.2, -0.15) is 0 Å². The van der Waals surface area contributed by atoms with Gasteiger partial charge in [-0.05, 0) is 37.7 Å². The van der Waals surface area contributed by atoms with Crippen LogP contribution in [0.15, 0.2) is 6.33 Å². The molecule has 7 heteroatoms. The van der Waals surface area contributed by atoms with Crippen LogP contribution in [0.5, 0.6) is 0 Å². The Balaban J connectivity index is 1.49. The molecule has 0 spiro atoms. The third-order valence-corrected chi connectivity index (χ3v) is 7.66. The topological polar surface area (TPSA) is 59.7 Å². The minimum atomic E-state index is 0.535. The highest BCUT2D eigenvalue weighted by Gasteiger charge is 2.29. The minimum Gasteiger partial charge on any atom is -0.347 e. The Labute approximate surface area is 162 Å². The van der Waals surface area contributed by atoms with Crippen molar-refractivity contribution in [3.05, 3.63) is 28.4 Å². The standard InChI is InChI=1S/C20H24N6S/c1-2-5-13(6-3-1)18-22-19(25-9-10-26-12-21-24-16(26)11-25)17-14-7-4-8-15(14)27-20(17)23-18/h12-13H,1-11H2. The van der Waals surface area contributed by atoms with Gasteiger partial charge < -0.3 is 9.47 Å². The number of hydrogen-bond acceptors (Lipinski definition) is 6. The van der Waals surface area contributed by atoms with Crippen LogP contribution in [0.2, 0.25) is 0 Å². The van der Waals surface area contributed by atoms with Crippen molar-refractivity contribution in [3.63, 3.8) is 0 Å². The summed E-state index contributed by atoms with van der Waals surface area (Å²) in [4.78, 5) is 15.5. The molecule has 6 nitrogen and oxygen atoms in total. The normalized spacial score (nSPS) is 20.2. The Morgan fingerprint density at radius 2 is 1.93 bits per heavy atom. The van der Waals surface area contributed by atoms with Crippen molar-refractivity contribution in [1.29, 1.82) is 0 Å². The summed E-state index contributed by atoms with van der Waals surface area (Å²) >= 11 is 1.92. The highest BCUT2D eigenvalue weighted by atomic mass is 32.1. The van der Waals surface area contributed by atoms with Crippen LogP contribution in [-0.4, -0.2) is 31.3 Å². The van der Waals surface area contributed by atoms with E-state index in [4.69, 9.17) is 9.97 Å². The van der Waals surface area contributed by atoms with Crippen molar-refractivity contribution in [1.82, 2.24) is 24.7 Å². The molecule has 4 heterocycles. The first-order chi connectivity index (χ1) is 13.4. The van der Waals surface area contributed by atoms with Gasteiger partial charge in [-0.15, -0.1) is 21.5 Å². The molecule has 0 N–H and O–H groups in total. The zero-order chi connectivity index (χ0) is 17.8. The molecule has 2 aliphatic carbocycles. The summed E-state index contributed by atoms with van der Waals surface area (Å²) in [5.41, 5.74) is 1.52. The molecule has 1 fully saturated rings. The molecule has 0 unspecified atom stereocenters. The predicted octanol–water partition coefficient (Wildman–Crippen LogP) is 3.84. The molecular weight excluding hydrogens is 356 g/mol. The maximum Gasteiger partial charge on any atom is 0.152 e. The molecule has 140 valence electrons. The van der Waals surface area contributed by atoms with Crippen molar-refractivity contribution in [2.24, 2.45) is 0 Å². The lowest BCUT2D eigenvalue weighted by molar-refractivity contribution is 0.429. The summed E-state index contributed by atoms with van der Waals surface area (Å²) in [5, 5.41) is 9.74. The van der Waals surface area contributed by atoms with Crippen LogP contribution in [0, 0.1) is 0 Å². The molecule has 6 rings (SSSR count). The predicted molar refractivity (Wildman–Crippen MR) is 106 cm³/mol. The van der Waals surface area contributed by atoms with Crippen LogP contribution in [-0.2, 0) is 25.9 Å². The largest absolute Gasteiger partial charge is 0.347 e. The first-order valence-corrected chi connectivity index (χ1v) is 11.1. The molecule has 0 amide bonds. The van der Waals surface area contributed by atoms with Crippen LogP contribution in [0.4, 0.5) is 5.82 Å². The van der Waals surface area contributed by atoms with Crippen LogP contribution in [0.1, 0.15) is 66.5 Å².